The Balaban J connectivity index is 1.95. The summed E-state index contributed by atoms with van der Waals surface area (Å²) in [5, 5.41) is 10.7. The third kappa shape index (κ3) is 3.34. The molecule has 1 amide bonds. The number of aliphatic hydroxyl groups excluding tert-OH is 1. The smallest absolute Gasteiger partial charge is 0.223 e. The van der Waals surface area contributed by atoms with Gasteiger partial charge in [-0.1, -0.05) is 18.8 Å². The molecule has 1 fully saturated rings. The first-order valence-corrected chi connectivity index (χ1v) is 7.02. The van der Waals surface area contributed by atoms with Crippen LogP contribution in [0.3, 0.4) is 0 Å². The van der Waals surface area contributed by atoms with E-state index in [0.717, 1.165) is 12.1 Å². The van der Waals surface area contributed by atoms with Crippen molar-refractivity contribution in [1.29, 1.82) is 0 Å². The molecule has 96 valence electrons. The van der Waals surface area contributed by atoms with Crippen molar-refractivity contribution in [2.75, 3.05) is 13.2 Å². The molecule has 0 bridgehead atoms. The Hall–Kier alpha value is -1.31. The summed E-state index contributed by atoms with van der Waals surface area (Å²) in [6.45, 7) is 3.78. The van der Waals surface area contributed by atoms with Gasteiger partial charge < -0.3 is 10.0 Å². The van der Waals surface area contributed by atoms with E-state index in [4.69, 9.17) is 5.11 Å². The monoisotopic (exact) mass is 263 g/mol. The third-order valence-electron chi connectivity index (χ3n) is 2.88. The van der Waals surface area contributed by atoms with Gasteiger partial charge in [-0.15, -0.1) is 11.3 Å². The van der Waals surface area contributed by atoms with Gasteiger partial charge in [0.1, 0.15) is 0 Å². The second kappa shape index (κ2) is 6.03. The fourth-order valence-corrected chi connectivity index (χ4v) is 2.89. The van der Waals surface area contributed by atoms with Crippen LogP contribution in [0, 0.1) is 17.8 Å². The Morgan fingerprint density at radius 2 is 2.44 bits per heavy atom. The first-order chi connectivity index (χ1) is 8.69. The summed E-state index contributed by atoms with van der Waals surface area (Å²) in [5.41, 5.74) is 0.975. The number of amides is 1. The normalized spacial score (nSPS) is 18.9. The minimum absolute atomic E-state index is 0.101. The number of hydrogen-bond acceptors (Lipinski definition) is 3. The molecule has 3 nitrogen and oxygen atoms in total. The van der Waals surface area contributed by atoms with Gasteiger partial charge in [0, 0.05) is 35.2 Å². The van der Waals surface area contributed by atoms with E-state index in [1.54, 1.807) is 11.3 Å². The van der Waals surface area contributed by atoms with Gasteiger partial charge in [-0.25, -0.2) is 0 Å². The van der Waals surface area contributed by atoms with Gasteiger partial charge in [-0.2, -0.15) is 0 Å². The Bertz CT molecular complexity index is 483. The molecule has 0 spiro atoms. The van der Waals surface area contributed by atoms with E-state index in [2.05, 4.69) is 18.8 Å². The molecule has 0 aromatic carbocycles. The van der Waals surface area contributed by atoms with Crippen molar-refractivity contribution in [3.8, 4) is 11.8 Å². The number of aliphatic hydroxyl groups is 1. The Kier molecular flexibility index (Phi) is 4.40. The van der Waals surface area contributed by atoms with Gasteiger partial charge in [0.2, 0.25) is 5.91 Å². The lowest BCUT2D eigenvalue weighted by Gasteiger charge is -2.14. The lowest BCUT2D eigenvalue weighted by molar-refractivity contribution is -0.128. The maximum atomic E-state index is 11.7. The van der Waals surface area contributed by atoms with E-state index >= 15 is 0 Å². The zero-order chi connectivity index (χ0) is 13.0. The molecule has 0 radical (unpaired) electrons. The molecule has 1 N–H and O–H groups in total. The van der Waals surface area contributed by atoms with Crippen LogP contribution in [-0.2, 0) is 11.3 Å². The van der Waals surface area contributed by atoms with Crippen molar-refractivity contribution in [3.63, 3.8) is 0 Å². The van der Waals surface area contributed by atoms with E-state index in [1.165, 1.54) is 4.88 Å². The SMILES string of the molecule is CC1CC(=O)N(Cc2cc(C#CCCO)cs2)C1. The van der Waals surface area contributed by atoms with Gasteiger partial charge in [-0.05, 0) is 12.0 Å². The molecular weight excluding hydrogens is 246 g/mol. The van der Waals surface area contributed by atoms with E-state index in [0.29, 0.717) is 25.3 Å². The fourth-order valence-electron chi connectivity index (χ4n) is 2.06. The number of hydrogen-bond donors (Lipinski definition) is 1. The zero-order valence-electron chi connectivity index (χ0n) is 10.5. The number of rotatable bonds is 3. The van der Waals surface area contributed by atoms with Crippen molar-refractivity contribution in [1.82, 2.24) is 4.90 Å². The van der Waals surface area contributed by atoms with Gasteiger partial charge in [0.15, 0.2) is 0 Å². The summed E-state index contributed by atoms with van der Waals surface area (Å²) in [7, 11) is 0. The predicted octanol–water partition coefficient (Wildman–Crippen LogP) is 1.85. The summed E-state index contributed by atoms with van der Waals surface area (Å²) in [5.74, 6) is 6.64. The summed E-state index contributed by atoms with van der Waals surface area (Å²) >= 11 is 1.64. The summed E-state index contributed by atoms with van der Waals surface area (Å²) in [4.78, 5) is 14.8. The van der Waals surface area contributed by atoms with Crippen molar-refractivity contribution >= 4 is 17.2 Å². The van der Waals surface area contributed by atoms with Gasteiger partial charge in [0.25, 0.3) is 0 Å². The first kappa shape index (κ1) is 13.1. The molecule has 1 atom stereocenters. The molecule has 1 aromatic rings. The van der Waals surface area contributed by atoms with Crippen LogP contribution in [0.5, 0.6) is 0 Å². The first-order valence-electron chi connectivity index (χ1n) is 6.14. The second-order valence-electron chi connectivity index (χ2n) is 4.66. The number of carbonyl (C=O) groups excluding carboxylic acids is 1. The average molecular weight is 263 g/mol. The van der Waals surface area contributed by atoms with Crippen LogP contribution in [0.4, 0.5) is 0 Å². The van der Waals surface area contributed by atoms with Crippen molar-refractivity contribution in [2.45, 2.75) is 26.3 Å². The molecule has 0 saturated carbocycles. The quantitative estimate of drug-likeness (QED) is 0.846. The Morgan fingerprint density at radius 1 is 1.61 bits per heavy atom. The average Bonchev–Trinajstić information content (AvgIpc) is 2.88. The standard InChI is InChI=1S/C14H17NO2S/c1-11-6-14(17)15(8-11)9-13-7-12(10-18-13)4-2-3-5-16/h7,10-11,16H,3,5-6,8-9H2,1H3. The molecule has 18 heavy (non-hydrogen) atoms. The van der Waals surface area contributed by atoms with Crippen LogP contribution >= 0.6 is 11.3 Å². The van der Waals surface area contributed by atoms with E-state index < -0.39 is 0 Å². The van der Waals surface area contributed by atoms with Crippen LogP contribution in [0.25, 0.3) is 0 Å². The van der Waals surface area contributed by atoms with Crippen LogP contribution in [0.2, 0.25) is 0 Å². The van der Waals surface area contributed by atoms with Gasteiger partial charge >= 0.3 is 0 Å². The molecule has 2 heterocycles. The number of nitrogens with zero attached hydrogens (tertiary/aromatic N) is 1. The zero-order valence-corrected chi connectivity index (χ0v) is 11.3. The Labute approximate surface area is 111 Å². The largest absolute Gasteiger partial charge is 0.395 e. The maximum Gasteiger partial charge on any atom is 0.223 e. The third-order valence-corrected chi connectivity index (χ3v) is 3.80. The molecule has 1 aromatic heterocycles. The van der Waals surface area contributed by atoms with E-state index in [9.17, 15) is 4.79 Å². The van der Waals surface area contributed by atoms with Gasteiger partial charge in [-0.3, -0.25) is 4.79 Å². The fraction of sp³-hybridized carbons (Fsp3) is 0.500. The highest BCUT2D eigenvalue weighted by Crippen LogP contribution is 2.22. The summed E-state index contributed by atoms with van der Waals surface area (Å²) in [6, 6.07) is 2.03. The maximum absolute atomic E-state index is 11.7. The van der Waals surface area contributed by atoms with Crippen molar-refractivity contribution < 1.29 is 9.90 Å². The Morgan fingerprint density at radius 3 is 3.11 bits per heavy atom. The molecule has 1 unspecified atom stereocenters. The van der Waals surface area contributed by atoms with Crippen LogP contribution in [-0.4, -0.2) is 29.1 Å². The van der Waals surface area contributed by atoms with Crippen LogP contribution in [0.1, 0.15) is 30.2 Å². The lowest BCUT2D eigenvalue weighted by Crippen LogP contribution is -2.23. The molecule has 2 rings (SSSR count). The summed E-state index contributed by atoms with van der Waals surface area (Å²) in [6.07, 6.45) is 1.18. The summed E-state index contributed by atoms with van der Waals surface area (Å²) < 4.78 is 0. The topological polar surface area (TPSA) is 40.5 Å². The lowest BCUT2D eigenvalue weighted by atomic mass is 10.2. The minimum atomic E-state index is 0.101. The highest BCUT2D eigenvalue weighted by Gasteiger charge is 2.26. The minimum Gasteiger partial charge on any atom is -0.395 e. The van der Waals surface area contributed by atoms with Crippen molar-refractivity contribution in [2.24, 2.45) is 5.92 Å². The molecule has 1 aliphatic heterocycles. The number of carbonyl (C=O) groups is 1. The molecule has 1 saturated heterocycles. The molecule has 0 aliphatic carbocycles. The highest BCUT2D eigenvalue weighted by atomic mass is 32.1. The van der Waals surface area contributed by atoms with Crippen molar-refractivity contribution in [3.05, 3.63) is 21.9 Å². The number of thiophene rings is 1. The van der Waals surface area contributed by atoms with Crippen LogP contribution < -0.4 is 0 Å². The highest BCUT2D eigenvalue weighted by molar-refractivity contribution is 7.10. The second-order valence-corrected chi connectivity index (χ2v) is 5.66. The predicted molar refractivity (Wildman–Crippen MR) is 72.1 cm³/mol. The van der Waals surface area contributed by atoms with E-state index in [1.807, 2.05) is 16.3 Å². The van der Waals surface area contributed by atoms with Gasteiger partial charge in [0.05, 0.1) is 13.2 Å². The molecule has 4 heteroatoms. The molecular formula is C14H17NO2S. The van der Waals surface area contributed by atoms with Crippen LogP contribution in [0.15, 0.2) is 11.4 Å². The van der Waals surface area contributed by atoms with E-state index in [-0.39, 0.29) is 12.5 Å². The number of likely N-dealkylation sites (tertiary alicyclic amines) is 1. The molecule has 1 aliphatic rings.